The maximum Gasteiger partial charge on any atom is 0.150 e. The number of halogens is 2. The average molecular weight is 279 g/mol. The van der Waals surface area contributed by atoms with Crippen molar-refractivity contribution in [3.63, 3.8) is 0 Å². The van der Waals surface area contributed by atoms with E-state index in [0.717, 1.165) is 18.1 Å². The van der Waals surface area contributed by atoms with Crippen LogP contribution >= 0.6 is 11.6 Å². The largest absolute Gasteiger partial charge is 0.457 e. The van der Waals surface area contributed by atoms with E-state index in [0.29, 0.717) is 17.1 Å². The van der Waals surface area contributed by atoms with Gasteiger partial charge in [0.15, 0.2) is 0 Å². The highest BCUT2D eigenvalue weighted by molar-refractivity contribution is 6.31. The summed E-state index contributed by atoms with van der Waals surface area (Å²) in [4.78, 5) is 10.7. The Morgan fingerprint density at radius 1 is 1.21 bits per heavy atom. The van der Waals surface area contributed by atoms with Gasteiger partial charge in [0.1, 0.15) is 23.6 Å². The second-order valence-corrected chi connectivity index (χ2v) is 4.45. The smallest absolute Gasteiger partial charge is 0.150 e. The van der Waals surface area contributed by atoms with Crippen LogP contribution < -0.4 is 4.74 Å². The van der Waals surface area contributed by atoms with Crippen molar-refractivity contribution in [1.82, 2.24) is 0 Å². The van der Waals surface area contributed by atoms with Crippen LogP contribution in [0.3, 0.4) is 0 Å². The molecule has 0 saturated heterocycles. The molecule has 0 aliphatic heterocycles. The fourth-order valence-electron chi connectivity index (χ4n) is 1.73. The van der Waals surface area contributed by atoms with Gasteiger partial charge in [-0.1, -0.05) is 18.5 Å². The lowest BCUT2D eigenvalue weighted by atomic mass is 10.1. The van der Waals surface area contributed by atoms with Crippen molar-refractivity contribution in [1.29, 1.82) is 0 Å². The van der Waals surface area contributed by atoms with Gasteiger partial charge in [0.05, 0.1) is 0 Å². The predicted molar refractivity (Wildman–Crippen MR) is 72.7 cm³/mol. The van der Waals surface area contributed by atoms with E-state index in [9.17, 15) is 9.18 Å². The fourth-order valence-corrected chi connectivity index (χ4v) is 1.98. The molecule has 0 fully saturated rings. The first kappa shape index (κ1) is 13.6. The minimum absolute atomic E-state index is 0.236. The van der Waals surface area contributed by atoms with Gasteiger partial charge in [-0.05, 0) is 42.3 Å². The zero-order valence-electron chi connectivity index (χ0n) is 10.3. The molecule has 0 aliphatic carbocycles. The van der Waals surface area contributed by atoms with Crippen molar-refractivity contribution < 1.29 is 13.9 Å². The second kappa shape index (κ2) is 5.85. The van der Waals surface area contributed by atoms with E-state index < -0.39 is 5.82 Å². The first-order valence-electron chi connectivity index (χ1n) is 5.84. The molecule has 2 rings (SSSR count). The molecule has 0 heterocycles. The first-order valence-corrected chi connectivity index (χ1v) is 6.22. The summed E-state index contributed by atoms with van der Waals surface area (Å²) in [5, 5.41) is 0.669. The van der Waals surface area contributed by atoms with Crippen LogP contribution in [-0.2, 0) is 6.42 Å². The Morgan fingerprint density at radius 2 is 2.00 bits per heavy atom. The molecule has 4 heteroatoms. The molecule has 2 nitrogen and oxygen atoms in total. The van der Waals surface area contributed by atoms with Gasteiger partial charge in [-0.2, -0.15) is 0 Å². The summed E-state index contributed by atoms with van der Waals surface area (Å²) in [6.45, 7) is 1.98. The van der Waals surface area contributed by atoms with Crippen molar-refractivity contribution in [2.24, 2.45) is 0 Å². The lowest BCUT2D eigenvalue weighted by Crippen LogP contribution is -1.90. The minimum atomic E-state index is -0.510. The lowest BCUT2D eigenvalue weighted by molar-refractivity contribution is 0.112. The van der Waals surface area contributed by atoms with Crippen molar-refractivity contribution in [2.75, 3.05) is 0 Å². The number of carbonyl (C=O) groups excluding carboxylic acids is 1. The number of aldehydes is 1. The van der Waals surface area contributed by atoms with Gasteiger partial charge in [0.25, 0.3) is 0 Å². The number of rotatable bonds is 4. The predicted octanol–water partition coefficient (Wildman–Crippen LogP) is 4.65. The molecule has 2 aromatic rings. The molecule has 98 valence electrons. The van der Waals surface area contributed by atoms with Gasteiger partial charge in [0.2, 0.25) is 0 Å². The molecular formula is C15H12ClFO2. The van der Waals surface area contributed by atoms with Crippen LogP contribution in [0.1, 0.15) is 22.8 Å². The van der Waals surface area contributed by atoms with Crippen molar-refractivity contribution in [3.05, 3.63) is 58.4 Å². The van der Waals surface area contributed by atoms with Gasteiger partial charge in [-0.15, -0.1) is 0 Å². The Morgan fingerprint density at radius 3 is 2.68 bits per heavy atom. The highest BCUT2D eigenvalue weighted by atomic mass is 35.5. The third-order valence-corrected chi connectivity index (χ3v) is 3.03. The number of hydrogen-bond donors (Lipinski definition) is 0. The summed E-state index contributed by atoms with van der Waals surface area (Å²) in [5.74, 6) is 0.333. The highest BCUT2D eigenvalue weighted by Crippen LogP contribution is 2.27. The Labute approximate surface area is 115 Å². The minimum Gasteiger partial charge on any atom is -0.457 e. The molecule has 0 atom stereocenters. The summed E-state index contributed by atoms with van der Waals surface area (Å²) in [6, 6.07) is 9.10. The van der Waals surface area contributed by atoms with E-state index >= 15 is 0 Å². The summed E-state index contributed by atoms with van der Waals surface area (Å²) in [7, 11) is 0. The Balaban J connectivity index is 2.30. The number of hydrogen-bond acceptors (Lipinski definition) is 2. The Hall–Kier alpha value is -1.87. The summed E-state index contributed by atoms with van der Waals surface area (Å²) < 4.78 is 18.8. The third kappa shape index (κ3) is 3.32. The molecule has 0 saturated carbocycles. The number of ether oxygens (including phenoxy) is 1. The van der Waals surface area contributed by atoms with E-state index in [-0.39, 0.29) is 11.3 Å². The monoisotopic (exact) mass is 278 g/mol. The molecule has 0 spiro atoms. The van der Waals surface area contributed by atoms with Gasteiger partial charge in [-0.25, -0.2) is 4.39 Å². The van der Waals surface area contributed by atoms with Crippen LogP contribution in [0, 0.1) is 5.82 Å². The van der Waals surface area contributed by atoms with Crippen LogP contribution in [0.2, 0.25) is 5.02 Å². The third-order valence-electron chi connectivity index (χ3n) is 2.66. The van der Waals surface area contributed by atoms with Crippen LogP contribution in [0.5, 0.6) is 11.5 Å². The van der Waals surface area contributed by atoms with E-state index in [4.69, 9.17) is 16.3 Å². The topological polar surface area (TPSA) is 26.3 Å². The molecule has 0 bridgehead atoms. The standard InChI is InChI=1S/C15H12ClFO2/c1-2-11-7-13(3-4-15(11)16)19-14-6-10(9-18)5-12(17)8-14/h3-9H,2H2,1H3. The molecule has 0 aliphatic rings. The van der Waals surface area contributed by atoms with Gasteiger partial charge >= 0.3 is 0 Å². The van der Waals surface area contributed by atoms with E-state index in [2.05, 4.69) is 0 Å². The SMILES string of the molecule is CCc1cc(Oc2cc(F)cc(C=O)c2)ccc1Cl. The van der Waals surface area contributed by atoms with Crippen molar-refractivity contribution >= 4 is 17.9 Å². The maximum atomic E-state index is 13.3. The Bertz CT molecular complexity index is 611. The molecule has 19 heavy (non-hydrogen) atoms. The van der Waals surface area contributed by atoms with E-state index in [1.807, 2.05) is 6.92 Å². The molecule has 0 aromatic heterocycles. The lowest BCUT2D eigenvalue weighted by Gasteiger charge is -2.09. The second-order valence-electron chi connectivity index (χ2n) is 4.05. The summed E-state index contributed by atoms with van der Waals surface area (Å²) >= 11 is 6.01. The molecule has 0 unspecified atom stereocenters. The number of aryl methyl sites for hydroxylation is 1. The number of carbonyl (C=O) groups is 1. The quantitative estimate of drug-likeness (QED) is 0.761. The molecule has 0 amide bonds. The molecule has 2 aromatic carbocycles. The van der Waals surface area contributed by atoms with Gasteiger partial charge < -0.3 is 4.74 Å². The van der Waals surface area contributed by atoms with Crippen LogP contribution in [-0.4, -0.2) is 6.29 Å². The average Bonchev–Trinajstić information content (AvgIpc) is 2.40. The maximum absolute atomic E-state index is 13.3. The molecule has 0 radical (unpaired) electrons. The van der Waals surface area contributed by atoms with E-state index in [1.54, 1.807) is 18.2 Å². The van der Waals surface area contributed by atoms with Gasteiger partial charge in [0, 0.05) is 16.7 Å². The highest BCUT2D eigenvalue weighted by Gasteiger charge is 2.05. The first-order chi connectivity index (χ1) is 9.12. The van der Waals surface area contributed by atoms with Crippen LogP contribution in [0.25, 0.3) is 0 Å². The van der Waals surface area contributed by atoms with E-state index in [1.165, 1.54) is 12.1 Å². The summed E-state index contributed by atoms with van der Waals surface area (Å²) in [5.41, 5.74) is 1.19. The molecule has 0 N–H and O–H groups in total. The molecular weight excluding hydrogens is 267 g/mol. The zero-order valence-corrected chi connectivity index (χ0v) is 11.1. The van der Waals surface area contributed by atoms with Crippen LogP contribution in [0.15, 0.2) is 36.4 Å². The Kier molecular flexibility index (Phi) is 4.17. The van der Waals surface area contributed by atoms with Crippen molar-refractivity contribution in [2.45, 2.75) is 13.3 Å². The van der Waals surface area contributed by atoms with Crippen molar-refractivity contribution in [3.8, 4) is 11.5 Å². The fraction of sp³-hybridized carbons (Fsp3) is 0.133. The van der Waals surface area contributed by atoms with Gasteiger partial charge in [-0.3, -0.25) is 4.79 Å². The summed E-state index contributed by atoms with van der Waals surface area (Å²) in [6.07, 6.45) is 1.36. The van der Waals surface area contributed by atoms with Crippen LogP contribution in [0.4, 0.5) is 4.39 Å². The normalized spacial score (nSPS) is 10.3. The number of benzene rings is 2. The zero-order chi connectivity index (χ0) is 13.8.